The molecule has 0 fully saturated rings. The molecule has 0 amide bonds. The number of oxazole rings is 1. The summed E-state index contributed by atoms with van der Waals surface area (Å²) in [4.78, 5) is 21.3. The van der Waals surface area contributed by atoms with Crippen LogP contribution in [0.15, 0.2) is 77.5 Å². The van der Waals surface area contributed by atoms with Gasteiger partial charge >= 0.3 is 5.97 Å². The van der Waals surface area contributed by atoms with Crippen LogP contribution in [0.1, 0.15) is 33.3 Å². The zero-order valence-electron chi connectivity index (χ0n) is 17.3. The van der Waals surface area contributed by atoms with Gasteiger partial charge in [-0.15, -0.1) is 5.10 Å². The summed E-state index contributed by atoms with van der Waals surface area (Å²) in [5.74, 6) is -0.000941. The maximum Gasteiger partial charge on any atom is 0.361 e. The van der Waals surface area contributed by atoms with Crippen molar-refractivity contribution >= 4 is 16.9 Å². The Morgan fingerprint density at radius 3 is 2.84 bits per heavy atom. The van der Waals surface area contributed by atoms with Crippen LogP contribution in [0.2, 0.25) is 0 Å². The van der Waals surface area contributed by atoms with E-state index >= 15 is 0 Å². The molecule has 2 aromatic carbocycles. The van der Waals surface area contributed by atoms with Crippen molar-refractivity contribution in [2.75, 3.05) is 0 Å². The van der Waals surface area contributed by atoms with E-state index in [9.17, 15) is 4.79 Å². The highest BCUT2D eigenvalue weighted by atomic mass is 16.5. The number of benzene rings is 2. The van der Waals surface area contributed by atoms with Gasteiger partial charge in [-0.25, -0.2) is 14.5 Å². The molecular weight excluding hydrogens is 406 g/mol. The van der Waals surface area contributed by atoms with Gasteiger partial charge < -0.3 is 9.15 Å². The van der Waals surface area contributed by atoms with Crippen LogP contribution < -0.4 is 0 Å². The van der Waals surface area contributed by atoms with E-state index in [0.717, 1.165) is 22.2 Å². The first-order chi connectivity index (χ1) is 15.7. The summed E-state index contributed by atoms with van der Waals surface area (Å²) in [5.41, 5.74) is 4.04. The summed E-state index contributed by atoms with van der Waals surface area (Å²) in [6.07, 6.45) is 3.82. The summed E-state index contributed by atoms with van der Waals surface area (Å²) >= 11 is 0. The third-order valence-corrected chi connectivity index (χ3v) is 5.07. The fourth-order valence-corrected chi connectivity index (χ4v) is 3.43. The minimum atomic E-state index is -0.566. The molecule has 32 heavy (non-hydrogen) atoms. The topological polar surface area (TPSA) is 95.9 Å². The van der Waals surface area contributed by atoms with Crippen LogP contribution >= 0.6 is 0 Å². The van der Waals surface area contributed by atoms with Crippen LogP contribution in [0.5, 0.6) is 0 Å². The van der Waals surface area contributed by atoms with Gasteiger partial charge in [-0.1, -0.05) is 41.6 Å². The molecule has 3 heterocycles. The fourth-order valence-electron chi connectivity index (χ4n) is 3.43. The zero-order valence-corrected chi connectivity index (χ0v) is 17.3. The van der Waals surface area contributed by atoms with Crippen LogP contribution in [-0.2, 0) is 17.8 Å². The highest BCUT2D eigenvalue weighted by molar-refractivity contribution is 5.88. The second-order valence-electron chi connectivity index (χ2n) is 7.29. The predicted octanol–water partition coefficient (Wildman–Crippen LogP) is 4.06. The van der Waals surface area contributed by atoms with Gasteiger partial charge in [-0.05, 0) is 36.8 Å². The zero-order chi connectivity index (χ0) is 21.9. The van der Waals surface area contributed by atoms with Crippen LogP contribution in [0.3, 0.4) is 0 Å². The summed E-state index contributed by atoms with van der Waals surface area (Å²) in [7, 11) is 0. The van der Waals surface area contributed by atoms with Crippen LogP contribution in [0.25, 0.3) is 16.6 Å². The highest BCUT2D eigenvalue weighted by Crippen LogP contribution is 2.19. The van der Waals surface area contributed by atoms with Crippen molar-refractivity contribution in [1.29, 1.82) is 0 Å². The van der Waals surface area contributed by atoms with Gasteiger partial charge in [0.1, 0.15) is 18.6 Å². The Balaban J connectivity index is 1.27. The highest BCUT2D eigenvalue weighted by Gasteiger charge is 2.19. The lowest BCUT2D eigenvalue weighted by atomic mass is 10.1. The number of pyridine rings is 1. The molecule has 0 saturated carbocycles. The van der Waals surface area contributed by atoms with Crippen molar-refractivity contribution in [3.05, 3.63) is 102 Å². The molecule has 5 rings (SSSR count). The molecule has 0 aliphatic heterocycles. The quantitative estimate of drug-likeness (QED) is 0.379. The first kappa shape index (κ1) is 19.6. The lowest BCUT2D eigenvalue weighted by molar-refractivity contribution is 0.0459. The maximum absolute atomic E-state index is 12.6. The number of hydrogen-bond donors (Lipinski definition) is 0. The third kappa shape index (κ3) is 3.98. The van der Waals surface area contributed by atoms with Gasteiger partial charge in [-0.2, -0.15) is 0 Å². The number of ether oxygens (including phenoxy) is 1. The lowest BCUT2D eigenvalue weighted by Gasteiger charge is -2.05. The average Bonchev–Trinajstić information content (AvgIpc) is 3.44. The summed E-state index contributed by atoms with van der Waals surface area (Å²) in [6, 6.07) is 19.5. The molecule has 0 spiro atoms. The molecule has 0 aliphatic rings. The van der Waals surface area contributed by atoms with E-state index in [-0.39, 0.29) is 12.3 Å². The van der Waals surface area contributed by atoms with Gasteiger partial charge in [0.2, 0.25) is 0 Å². The molecule has 8 heteroatoms. The molecule has 3 aromatic heterocycles. The largest absolute Gasteiger partial charge is 0.454 e. The molecule has 0 N–H and O–H groups in total. The van der Waals surface area contributed by atoms with Gasteiger partial charge in [0, 0.05) is 18.0 Å². The smallest absolute Gasteiger partial charge is 0.361 e. The van der Waals surface area contributed by atoms with E-state index in [1.54, 1.807) is 17.8 Å². The second kappa shape index (κ2) is 8.43. The molecule has 0 unspecified atom stereocenters. The molecule has 5 aromatic rings. The third-order valence-electron chi connectivity index (χ3n) is 5.07. The number of rotatable bonds is 6. The van der Waals surface area contributed by atoms with Crippen molar-refractivity contribution in [2.24, 2.45) is 0 Å². The number of carbonyl (C=O) groups excluding carboxylic acids is 1. The molecule has 158 valence electrons. The summed E-state index contributed by atoms with van der Waals surface area (Å²) < 4.78 is 12.5. The number of aromatic nitrogens is 5. The van der Waals surface area contributed by atoms with Crippen molar-refractivity contribution in [2.45, 2.75) is 20.0 Å². The number of hydrogen-bond acceptors (Lipinski definition) is 7. The van der Waals surface area contributed by atoms with E-state index in [2.05, 4.69) is 20.3 Å². The van der Waals surface area contributed by atoms with Crippen molar-refractivity contribution in [1.82, 2.24) is 25.0 Å². The first-order valence-electron chi connectivity index (χ1n) is 10.1. The number of carbonyl (C=O) groups is 1. The van der Waals surface area contributed by atoms with Crippen molar-refractivity contribution in [3.63, 3.8) is 0 Å². The van der Waals surface area contributed by atoms with E-state index in [1.165, 1.54) is 6.26 Å². The molecule has 0 saturated heterocycles. The fraction of sp³-hybridized carbons (Fsp3) is 0.125. The average molecular weight is 425 g/mol. The number of nitrogens with zero attached hydrogens (tertiary/aromatic N) is 5. The number of esters is 1. The van der Waals surface area contributed by atoms with Gasteiger partial charge in [0.25, 0.3) is 0 Å². The van der Waals surface area contributed by atoms with E-state index in [0.29, 0.717) is 23.7 Å². The van der Waals surface area contributed by atoms with E-state index < -0.39 is 5.97 Å². The Morgan fingerprint density at radius 2 is 1.97 bits per heavy atom. The SMILES string of the molecule is Cc1c(C(=O)OCc2coc(Cc3ccccc3)n2)nnn1-c1ccc2ncccc2c1. The normalized spacial score (nSPS) is 11.0. The Bertz CT molecular complexity index is 1390. The van der Waals surface area contributed by atoms with Gasteiger partial charge in [-0.3, -0.25) is 4.98 Å². The van der Waals surface area contributed by atoms with Gasteiger partial charge in [0.05, 0.1) is 16.9 Å². The van der Waals surface area contributed by atoms with Crippen LogP contribution in [-0.4, -0.2) is 30.9 Å². The summed E-state index contributed by atoms with van der Waals surface area (Å²) in [6.45, 7) is 1.77. The monoisotopic (exact) mass is 425 g/mol. The first-order valence-corrected chi connectivity index (χ1v) is 10.1. The lowest BCUT2D eigenvalue weighted by Crippen LogP contribution is -2.08. The second-order valence-corrected chi connectivity index (χ2v) is 7.29. The number of fused-ring (bicyclic) bond motifs is 1. The predicted molar refractivity (Wildman–Crippen MR) is 116 cm³/mol. The van der Waals surface area contributed by atoms with E-state index in [4.69, 9.17) is 9.15 Å². The van der Waals surface area contributed by atoms with Crippen LogP contribution in [0, 0.1) is 6.92 Å². The van der Waals surface area contributed by atoms with Crippen LogP contribution in [0.4, 0.5) is 0 Å². The van der Waals surface area contributed by atoms with Crippen molar-refractivity contribution in [3.8, 4) is 5.69 Å². The Morgan fingerprint density at radius 1 is 1.09 bits per heavy atom. The minimum absolute atomic E-state index is 0.00886. The molecule has 0 bridgehead atoms. The molecule has 0 atom stereocenters. The summed E-state index contributed by atoms with van der Waals surface area (Å²) in [5, 5.41) is 9.13. The Labute approximate surface area is 183 Å². The van der Waals surface area contributed by atoms with E-state index in [1.807, 2.05) is 60.7 Å². The molecule has 0 radical (unpaired) electrons. The standard InChI is InChI=1S/C24H19N5O3/c1-16-23(27-28-29(16)20-9-10-21-18(13-20)8-5-11-25-21)24(30)32-15-19-14-31-22(26-19)12-17-6-3-2-4-7-17/h2-11,13-14H,12,15H2,1H3. The molecular formula is C24H19N5O3. The maximum atomic E-state index is 12.6. The Hall–Kier alpha value is -4.33. The Kier molecular flexibility index (Phi) is 5.17. The molecule has 8 nitrogen and oxygen atoms in total. The molecule has 0 aliphatic carbocycles. The van der Waals surface area contributed by atoms with Crippen molar-refractivity contribution < 1.29 is 13.9 Å². The van der Waals surface area contributed by atoms with Gasteiger partial charge in [0.15, 0.2) is 11.6 Å². The minimum Gasteiger partial charge on any atom is -0.454 e.